The number of benzene rings is 1. The van der Waals surface area contributed by atoms with Crippen molar-refractivity contribution in [2.45, 2.75) is 45.3 Å². The Bertz CT molecular complexity index is 491. The zero-order valence-electron chi connectivity index (χ0n) is 14.8. The molecule has 1 aliphatic heterocycles. The van der Waals surface area contributed by atoms with Crippen LogP contribution in [0.1, 0.15) is 44.8 Å². The number of hydrogen-bond acceptors (Lipinski definition) is 3. The second kappa shape index (κ2) is 9.64. The van der Waals surface area contributed by atoms with Crippen molar-refractivity contribution >= 4 is 6.03 Å². The molecule has 5 heteroatoms. The molecular weight excluding hydrogens is 304 g/mol. The van der Waals surface area contributed by atoms with Crippen molar-refractivity contribution < 1.29 is 14.6 Å². The van der Waals surface area contributed by atoms with Gasteiger partial charge >= 0.3 is 6.03 Å². The van der Waals surface area contributed by atoms with Gasteiger partial charge in [-0.25, -0.2) is 4.79 Å². The van der Waals surface area contributed by atoms with Gasteiger partial charge in [0.1, 0.15) is 0 Å². The van der Waals surface area contributed by atoms with Gasteiger partial charge in [0.15, 0.2) is 0 Å². The van der Waals surface area contributed by atoms with Crippen LogP contribution in [0.4, 0.5) is 4.79 Å². The molecule has 134 valence electrons. The largest absolute Gasteiger partial charge is 0.388 e. The minimum Gasteiger partial charge on any atom is -0.388 e. The van der Waals surface area contributed by atoms with Crippen molar-refractivity contribution in [1.29, 1.82) is 0 Å². The van der Waals surface area contributed by atoms with Crippen LogP contribution in [0.2, 0.25) is 0 Å². The van der Waals surface area contributed by atoms with Crippen molar-refractivity contribution in [3.63, 3.8) is 0 Å². The first-order valence-corrected chi connectivity index (χ1v) is 9.00. The summed E-state index contributed by atoms with van der Waals surface area (Å²) >= 11 is 0. The molecule has 0 aliphatic carbocycles. The fourth-order valence-electron chi connectivity index (χ4n) is 3.10. The second-order valence-corrected chi connectivity index (χ2v) is 6.45. The van der Waals surface area contributed by atoms with Gasteiger partial charge in [0.05, 0.1) is 25.4 Å². The van der Waals surface area contributed by atoms with E-state index in [0.717, 1.165) is 18.4 Å². The number of urea groups is 1. The molecule has 1 aliphatic rings. The number of aliphatic hydroxyl groups is 1. The van der Waals surface area contributed by atoms with Gasteiger partial charge in [-0.2, -0.15) is 0 Å². The van der Waals surface area contributed by atoms with Crippen molar-refractivity contribution in [3.05, 3.63) is 35.9 Å². The van der Waals surface area contributed by atoms with E-state index in [1.54, 1.807) is 0 Å². The molecule has 1 aromatic rings. The van der Waals surface area contributed by atoms with Crippen LogP contribution in [-0.4, -0.2) is 48.4 Å². The van der Waals surface area contributed by atoms with Crippen LogP contribution in [0, 0.1) is 5.92 Å². The third kappa shape index (κ3) is 5.21. The molecule has 1 fully saturated rings. The molecule has 2 rings (SSSR count). The van der Waals surface area contributed by atoms with Gasteiger partial charge in [0.25, 0.3) is 0 Å². The van der Waals surface area contributed by atoms with E-state index in [1.807, 2.05) is 35.2 Å². The highest BCUT2D eigenvalue weighted by Crippen LogP contribution is 2.22. The first-order valence-electron chi connectivity index (χ1n) is 9.00. The van der Waals surface area contributed by atoms with E-state index in [2.05, 4.69) is 19.2 Å². The summed E-state index contributed by atoms with van der Waals surface area (Å²) in [7, 11) is 0. The maximum absolute atomic E-state index is 12.5. The maximum atomic E-state index is 12.5. The number of hydrogen-bond donors (Lipinski definition) is 2. The van der Waals surface area contributed by atoms with Crippen LogP contribution in [0.5, 0.6) is 0 Å². The topological polar surface area (TPSA) is 61.8 Å². The number of nitrogens with zero attached hydrogens (tertiary/aromatic N) is 1. The lowest BCUT2D eigenvalue weighted by Crippen LogP contribution is -2.53. The molecule has 2 atom stereocenters. The van der Waals surface area contributed by atoms with E-state index in [0.29, 0.717) is 38.6 Å². The molecule has 0 radical (unpaired) electrons. The molecular formula is C19H30N2O3. The Morgan fingerprint density at radius 3 is 2.71 bits per heavy atom. The second-order valence-electron chi connectivity index (χ2n) is 6.45. The summed E-state index contributed by atoms with van der Waals surface area (Å²) in [5.74, 6) is 0.517. The van der Waals surface area contributed by atoms with Crippen molar-refractivity contribution in [2.75, 3.05) is 26.3 Å². The number of morpholine rings is 1. The van der Waals surface area contributed by atoms with Gasteiger partial charge in [-0.05, 0) is 11.5 Å². The Balaban J connectivity index is 1.93. The first kappa shape index (κ1) is 18.7. The lowest BCUT2D eigenvalue weighted by Gasteiger charge is -2.37. The van der Waals surface area contributed by atoms with Crippen molar-refractivity contribution in [2.24, 2.45) is 5.92 Å². The van der Waals surface area contributed by atoms with E-state index >= 15 is 0 Å². The molecule has 0 bridgehead atoms. The highest BCUT2D eigenvalue weighted by Gasteiger charge is 2.29. The number of nitrogens with one attached hydrogen (secondary N) is 1. The van der Waals surface area contributed by atoms with E-state index < -0.39 is 6.10 Å². The SMILES string of the molecule is CCC(CC)CNC(=O)N1CCOCC1CC(O)c1ccccc1. The number of rotatable bonds is 7. The first-order chi connectivity index (χ1) is 11.7. The zero-order valence-corrected chi connectivity index (χ0v) is 14.8. The van der Waals surface area contributed by atoms with Gasteiger partial charge in [-0.1, -0.05) is 57.0 Å². The summed E-state index contributed by atoms with van der Waals surface area (Å²) in [5, 5.41) is 13.5. The quantitative estimate of drug-likeness (QED) is 0.806. The van der Waals surface area contributed by atoms with Crippen LogP contribution in [0.25, 0.3) is 0 Å². The van der Waals surface area contributed by atoms with E-state index in [-0.39, 0.29) is 12.1 Å². The standard InChI is InChI=1S/C19H30N2O3/c1-3-15(4-2)13-20-19(23)21-10-11-24-14-17(21)12-18(22)16-8-6-5-7-9-16/h5-9,15,17-18,22H,3-4,10-14H2,1-2H3,(H,20,23). The van der Waals surface area contributed by atoms with Crippen molar-refractivity contribution in [3.8, 4) is 0 Å². The molecule has 5 nitrogen and oxygen atoms in total. The van der Waals surface area contributed by atoms with E-state index in [4.69, 9.17) is 4.74 Å². The number of carbonyl (C=O) groups excluding carboxylic acids is 1. The molecule has 24 heavy (non-hydrogen) atoms. The van der Waals surface area contributed by atoms with Gasteiger partial charge in [-0.15, -0.1) is 0 Å². The van der Waals surface area contributed by atoms with Crippen molar-refractivity contribution in [1.82, 2.24) is 10.2 Å². The monoisotopic (exact) mass is 334 g/mol. The normalized spacial score (nSPS) is 19.3. The lowest BCUT2D eigenvalue weighted by molar-refractivity contribution is -0.00706. The number of aliphatic hydroxyl groups excluding tert-OH is 1. The van der Waals surface area contributed by atoms with Crippen LogP contribution in [-0.2, 0) is 4.74 Å². The van der Waals surface area contributed by atoms with Gasteiger partial charge in [0.2, 0.25) is 0 Å². The Morgan fingerprint density at radius 2 is 2.04 bits per heavy atom. The van der Waals surface area contributed by atoms with Gasteiger partial charge in [0, 0.05) is 19.5 Å². The molecule has 0 aromatic heterocycles. The zero-order chi connectivity index (χ0) is 17.4. The summed E-state index contributed by atoms with van der Waals surface area (Å²) < 4.78 is 5.53. The molecule has 1 heterocycles. The minimum absolute atomic E-state index is 0.0459. The fourth-order valence-corrected chi connectivity index (χ4v) is 3.10. The molecule has 0 saturated carbocycles. The van der Waals surface area contributed by atoms with Crippen LogP contribution < -0.4 is 5.32 Å². The predicted molar refractivity (Wildman–Crippen MR) is 94.8 cm³/mol. The smallest absolute Gasteiger partial charge is 0.317 e. The molecule has 2 amide bonds. The Morgan fingerprint density at radius 1 is 1.33 bits per heavy atom. The Hall–Kier alpha value is -1.59. The minimum atomic E-state index is -0.591. The van der Waals surface area contributed by atoms with Gasteiger partial charge < -0.3 is 20.1 Å². The van der Waals surface area contributed by atoms with Crippen LogP contribution >= 0.6 is 0 Å². The summed E-state index contributed by atoms with van der Waals surface area (Å²) in [6.45, 7) is 6.60. The Labute approximate surface area is 145 Å². The van der Waals surface area contributed by atoms with E-state index in [1.165, 1.54) is 0 Å². The summed E-state index contributed by atoms with van der Waals surface area (Å²) in [5.41, 5.74) is 0.875. The van der Waals surface area contributed by atoms with Crippen LogP contribution in [0.3, 0.4) is 0 Å². The van der Waals surface area contributed by atoms with E-state index in [9.17, 15) is 9.90 Å². The third-order valence-electron chi connectivity index (χ3n) is 4.86. The third-order valence-corrected chi connectivity index (χ3v) is 4.86. The summed E-state index contributed by atoms with van der Waals surface area (Å²) in [6.07, 6.45) is 2.03. The fraction of sp³-hybridized carbons (Fsp3) is 0.632. The molecule has 1 saturated heterocycles. The molecule has 2 unspecified atom stereocenters. The summed E-state index contributed by atoms with van der Waals surface area (Å²) in [4.78, 5) is 14.4. The molecule has 1 aromatic carbocycles. The summed E-state index contributed by atoms with van der Waals surface area (Å²) in [6, 6.07) is 9.42. The predicted octanol–water partition coefficient (Wildman–Crippen LogP) is 2.96. The van der Waals surface area contributed by atoms with Crippen LogP contribution in [0.15, 0.2) is 30.3 Å². The van der Waals surface area contributed by atoms with Gasteiger partial charge in [-0.3, -0.25) is 0 Å². The number of ether oxygens (including phenoxy) is 1. The highest BCUT2D eigenvalue weighted by molar-refractivity contribution is 5.74. The number of amides is 2. The average Bonchev–Trinajstić information content (AvgIpc) is 2.63. The molecule has 2 N–H and O–H groups in total. The Kier molecular flexibility index (Phi) is 7.53. The highest BCUT2D eigenvalue weighted by atomic mass is 16.5. The average molecular weight is 334 g/mol. The number of carbonyl (C=O) groups is 1. The maximum Gasteiger partial charge on any atom is 0.317 e. The molecule has 0 spiro atoms. The lowest BCUT2D eigenvalue weighted by atomic mass is 10.0.